The van der Waals surface area contributed by atoms with Crippen molar-refractivity contribution in [2.45, 2.75) is 19.8 Å². The van der Waals surface area contributed by atoms with E-state index in [1.54, 1.807) is 24.3 Å². The average Bonchev–Trinajstić information content (AvgIpc) is 3.16. The molecular weight excluding hydrogens is 387 g/mol. The lowest BCUT2D eigenvalue weighted by Gasteiger charge is -2.05. The summed E-state index contributed by atoms with van der Waals surface area (Å²) in [6, 6.07) is 13.8. The molecule has 0 fully saturated rings. The van der Waals surface area contributed by atoms with Crippen LogP contribution in [0.25, 0.3) is 11.3 Å². The number of anilines is 1. The fraction of sp³-hybridized carbons (Fsp3) is 0.200. The van der Waals surface area contributed by atoms with Crippen molar-refractivity contribution in [2.24, 2.45) is 0 Å². The second-order valence-corrected chi connectivity index (χ2v) is 6.72. The van der Waals surface area contributed by atoms with Crippen LogP contribution in [0.3, 0.4) is 0 Å². The van der Waals surface area contributed by atoms with Crippen molar-refractivity contribution in [3.05, 3.63) is 64.3 Å². The van der Waals surface area contributed by atoms with Crippen molar-refractivity contribution in [1.82, 2.24) is 5.16 Å². The smallest absolute Gasteiger partial charge is 0.277 e. The number of nitrogens with zero attached hydrogens (tertiary/aromatic N) is 1. The second-order valence-electron chi connectivity index (χ2n) is 5.88. The van der Waals surface area contributed by atoms with Gasteiger partial charge in [0.15, 0.2) is 11.5 Å². The number of carbonyl (C=O) groups is 1. The number of halogens is 2. The quantitative estimate of drug-likeness (QED) is 0.484. The highest BCUT2D eigenvalue weighted by molar-refractivity contribution is 6.35. The molecule has 1 N–H and O–H groups in total. The molecule has 1 heterocycles. The van der Waals surface area contributed by atoms with Gasteiger partial charge in [0.1, 0.15) is 5.75 Å². The van der Waals surface area contributed by atoms with Crippen molar-refractivity contribution in [3.8, 4) is 17.1 Å². The van der Waals surface area contributed by atoms with Crippen LogP contribution in [-0.4, -0.2) is 17.7 Å². The third kappa shape index (κ3) is 5.02. The minimum atomic E-state index is -0.436. The summed E-state index contributed by atoms with van der Waals surface area (Å²) in [4.78, 5) is 12.4. The number of unbranched alkanes of at least 4 members (excludes halogenated alkanes) is 1. The van der Waals surface area contributed by atoms with Crippen LogP contribution in [0.2, 0.25) is 10.0 Å². The van der Waals surface area contributed by atoms with Crippen molar-refractivity contribution in [3.63, 3.8) is 0 Å². The topological polar surface area (TPSA) is 64.4 Å². The molecule has 2 aromatic carbocycles. The highest BCUT2D eigenvalue weighted by Crippen LogP contribution is 2.27. The van der Waals surface area contributed by atoms with Gasteiger partial charge < -0.3 is 14.6 Å². The van der Waals surface area contributed by atoms with Crippen molar-refractivity contribution in [1.29, 1.82) is 0 Å². The molecule has 0 atom stereocenters. The molecule has 0 radical (unpaired) electrons. The van der Waals surface area contributed by atoms with E-state index < -0.39 is 5.91 Å². The number of aromatic nitrogens is 1. The first kappa shape index (κ1) is 19.3. The van der Waals surface area contributed by atoms with Crippen LogP contribution in [0, 0.1) is 0 Å². The zero-order chi connectivity index (χ0) is 19.2. The van der Waals surface area contributed by atoms with Crippen LogP contribution in [0.4, 0.5) is 5.69 Å². The fourth-order valence-electron chi connectivity index (χ4n) is 2.35. The predicted octanol–water partition coefficient (Wildman–Crippen LogP) is 6.08. The van der Waals surface area contributed by atoms with Crippen LogP contribution < -0.4 is 10.1 Å². The second kappa shape index (κ2) is 8.93. The number of amides is 1. The van der Waals surface area contributed by atoms with Gasteiger partial charge in [-0.1, -0.05) is 41.7 Å². The Labute approximate surface area is 167 Å². The Morgan fingerprint density at radius 1 is 1.15 bits per heavy atom. The Bertz CT molecular complexity index is 923. The van der Waals surface area contributed by atoms with Gasteiger partial charge in [-0.2, -0.15) is 0 Å². The van der Waals surface area contributed by atoms with E-state index >= 15 is 0 Å². The van der Waals surface area contributed by atoms with Crippen LogP contribution in [-0.2, 0) is 0 Å². The first-order chi connectivity index (χ1) is 13.1. The van der Waals surface area contributed by atoms with Gasteiger partial charge in [-0.05, 0) is 48.9 Å². The molecule has 0 spiro atoms. The van der Waals surface area contributed by atoms with E-state index in [-0.39, 0.29) is 5.69 Å². The Kier molecular flexibility index (Phi) is 6.37. The molecule has 1 aromatic heterocycles. The molecule has 3 rings (SSSR count). The summed E-state index contributed by atoms with van der Waals surface area (Å²) in [6.45, 7) is 2.80. The normalized spacial score (nSPS) is 10.6. The molecule has 27 heavy (non-hydrogen) atoms. The SMILES string of the molecule is CCCCOc1ccc(-c2cc(C(=O)Nc3cc(Cl)ccc3Cl)no2)cc1. The number of carbonyl (C=O) groups excluding carboxylic acids is 1. The fourth-order valence-corrected chi connectivity index (χ4v) is 2.68. The molecule has 0 aliphatic heterocycles. The summed E-state index contributed by atoms with van der Waals surface area (Å²) in [5.41, 5.74) is 1.35. The van der Waals surface area contributed by atoms with Gasteiger partial charge in [0, 0.05) is 16.7 Å². The van der Waals surface area contributed by atoms with E-state index in [0.717, 1.165) is 24.2 Å². The zero-order valence-electron chi connectivity index (χ0n) is 14.7. The minimum Gasteiger partial charge on any atom is -0.494 e. The molecule has 1 amide bonds. The van der Waals surface area contributed by atoms with Gasteiger partial charge in [0.25, 0.3) is 5.91 Å². The molecule has 0 aliphatic rings. The highest BCUT2D eigenvalue weighted by atomic mass is 35.5. The molecule has 3 aromatic rings. The maximum atomic E-state index is 12.4. The number of ether oxygens (including phenoxy) is 1. The Morgan fingerprint density at radius 3 is 2.67 bits per heavy atom. The van der Waals surface area contributed by atoms with Crippen molar-refractivity contribution >= 4 is 34.8 Å². The molecule has 7 heteroatoms. The van der Waals surface area contributed by atoms with E-state index in [0.29, 0.717) is 28.1 Å². The molecule has 0 unspecified atom stereocenters. The van der Waals surface area contributed by atoms with E-state index in [9.17, 15) is 4.79 Å². The zero-order valence-corrected chi connectivity index (χ0v) is 16.2. The van der Waals surface area contributed by atoms with Gasteiger partial charge in [0.05, 0.1) is 17.3 Å². The highest BCUT2D eigenvalue weighted by Gasteiger charge is 2.15. The molecule has 0 bridgehead atoms. The maximum Gasteiger partial charge on any atom is 0.277 e. The molecule has 0 aliphatic carbocycles. The number of nitrogens with one attached hydrogen (secondary N) is 1. The standard InChI is InChI=1S/C20H18Cl2N2O3/c1-2-3-10-26-15-7-4-13(5-8-15)19-12-18(24-27-19)20(25)23-17-11-14(21)6-9-16(17)22/h4-9,11-12H,2-3,10H2,1H3,(H,23,25). The van der Waals surface area contributed by atoms with Crippen LogP contribution in [0.1, 0.15) is 30.3 Å². The third-order valence-corrected chi connectivity index (χ3v) is 4.39. The van der Waals surface area contributed by atoms with Gasteiger partial charge in [-0.25, -0.2) is 0 Å². The van der Waals surface area contributed by atoms with Gasteiger partial charge >= 0.3 is 0 Å². The van der Waals surface area contributed by atoms with Crippen LogP contribution >= 0.6 is 23.2 Å². The lowest BCUT2D eigenvalue weighted by atomic mass is 10.1. The Hall–Kier alpha value is -2.50. The first-order valence-electron chi connectivity index (χ1n) is 8.53. The number of rotatable bonds is 7. The summed E-state index contributed by atoms with van der Waals surface area (Å²) < 4.78 is 10.9. The third-order valence-electron chi connectivity index (χ3n) is 3.82. The molecule has 140 valence electrons. The summed E-state index contributed by atoms with van der Waals surface area (Å²) in [7, 11) is 0. The van der Waals surface area contributed by atoms with Crippen LogP contribution in [0.5, 0.6) is 5.75 Å². The maximum absolute atomic E-state index is 12.4. The average molecular weight is 405 g/mol. The summed E-state index contributed by atoms with van der Waals surface area (Å²) in [5.74, 6) is 0.839. The summed E-state index contributed by atoms with van der Waals surface area (Å²) in [5, 5.41) is 7.36. The van der Waals surface area contributed by atoms with Gasteiger partial charge in [0.2, 0.25) is 0 Å². The van der Waals surface area contributed by atoms with Gasteiger partial charge in [-0.15, -0.1) is 0 Å². The van der Waals surface area contributed by atoms with Crippen molar-refractivity contribution in [2.75, 3.05) is 11.9 Å². The van der Waals surface area contributed by atoms with E-state index in [1.165, 1.54) is 0 Å². The largest absolute Gasteiger partial charge is 0.494 e. The molecule has 0 saturated carbocycles. The van der Waals surface area contributed by atoms with Crippen molar-refractivity contribution < 1.29 is 14.1 Å². The number of hydrogen-bond acceptors (Lipinski definition) is 4. The van der Waals surface area contributed by atoms with E-state index in [1.807, 2.05) is 24.3 Å². The lowest BCUT2D eigenvalue weighted by molar-refractivity contribution is 0.101. The molecule has 5 nitrogen and oxygen atoms in total. The van der Waals surface area contributed by atoms with Gasteiger partial charge in [-0.3, -0.25) is 4.79 Å². The first-order valence-corrected chi connectivity index (χ1v) is 9.28. The van der Waals surface area contributed by atoms with E-state index in [4.69, 9.17) is 32.5 Å². The Morgan fingerprint density at radius 2 is 1.93 bits per heavy atom. The minimum absolute atomic E-state index is 0.143. The lowest BCUT2D eigenvalue weighted by Crippen LogP contribution is -2.12. The summed E-state index contributed by atoms with van der Waals surface area (Å²) >= 11 is 12.0. The number of benzene rings is 2. The van der Waals surface area contributed by atoms with E-state index in [2.05, 4.69) is 17.4 Å². The Balaban J connectivity index is 1.68. The molecular formula is C20H18Cl2N2O3. The predicted molar refractivity (Wildman–Crippen MR) is 107 cm³/mol. The summed E-state index contributed by atoms with van der Waals surface area (Å²) in [6.07, 6.45) is 2.10. The molecule has 0 saturated heterocycles. The monoisotopic (exact) mass is 404 g/mol. The number of hydrogen-bond donors (Lipinski definition) is 1. The van der Waals surface area contributed by atoms with Crippen LogP contribution in [0.15, 0.2) is 53.1 Å².